The van der Waals surface area contributed by atoms with E-state index in [2.05, 4.69) is 5.32 Å². The Morgan fingerprint density at radius 2 is 1.81 bits per heavy atom. The molecule has 2 heterocycles. The van der Waals surface area contributed by atoms with Gasteiger partial charge in [0.25, 0.3) is 11.7 Å². The molecule has 0 saturated carbocycles. The Morgan fingerprint density at radius 3 is 2.58 bits per heavy atom. The van der Waals surface area contributed by atoms with Crippen LogP contribution < -0.4 is 24.4 Å². The first-order chi connectivity index (χ1) is 17.4. The van der Waals surface area contributed by atoms with Crippen LogP contribution in [0.3, 0.4) is 0 Å². The highest BCUT2D eigenvalue weighted by molar-refractivity contribution is 6.51. The first-order valence-corrected chi connectivity index (χ1v) is 11.1. The number of nitrogens with zero attached hydrogens (tertiary/aromatic N) is 1. The third-order valence-electron chi connectivity index (χ3n) is 5.97. The van der Waals surface area contributed by atoms with Crippen LogP contribution in [0.4, 0.5) is 11.4 Å². The van der Waals surface area contributed by atoms with Crippen LogP contribution in [0.5, 0.6) is 17.2 Å². The summed E-state index contributed by atoms with van der Waals surface area (Å²) in [6.07, 6.45) is 0. The van der Waals surface area contributed by atoms with Crippen molar-refractivity contribution < 1.29 is 33.7 Å². The maximum absolute atomic E-state index is 13.4. The molecule has 2 aliphatic heterocycles. The van der Waals surface area contributed by atoms with Gasteiger partial charge in [-0.3, -0.25) is 19.3 Å². The summed E-state index contributed by atoms with van der Waals surface area (Å²) >= 11 is 0. The molecule has 1 fully saturated rings. The zero-order chi connectivity index (χ0) is 25.4. The number of para-hydroxylation sites is 1. The second kappa shape index (κ2) is 9.10. The highest BCUT2D eigenvalue weighted by Crippen LogP contribution is 2.46. The molecule has 9 heteroatoms. The number of amides is 2. The number of ether oxygens (including phenoxy) is 3. The van der Waals surface area contributed by atoms with Crippen molar-refractivity contribution in [2.75, 3.05) is 24.1 Å². The molecule has 0 aliphatic carbocycles. The zero-order valence-corrected chi connectivity index (χ0v) is 19.5. The number of carbonyl (C=O) groups is 3. The predicted molar refractivity (Wildman–Crippen MR) is 131 cm³/mol. The van der Waals surface area contributed by atoms with Gasteiger partial charge in [-0.1, -0.05) is 24.3 Å². The molecule has 3 aromatic rings. The van der Waals surface area contributed by atoms with E-state index in [4.69, 9.17) is 14.2 Å². The van der Waals surface area contributed by atoms with Gasteiger partial charge in [0, 0.05) is 29.4 Å². The Hall–Kier alpha value is -4.79. The Morgan fingerprint density at radius 1 is 1.03 bits per heavy atom. The minimum atomic E-state index is -1.00. The second-order valence-electron chi connectivity index (χ2n) is 8.21. The third-order valence-corrected chi connectivity index (χ3v) is 5.97. The molecule has 2 aliphatic rings. The van der Waals surface area contributed by atoms with Crippen molar-refractivity contribution in [2.45, 2.75) is 13.0 Å². The molecule has 0 bridgehead atoms. The largest absolute Gasteiger partial charge is 0.507 e. The summed E-state index contributed by atoms with van der Waals surface area (Å²) in [7, 11) is 1.49. The molecule has 2 amide bonds. The van der Waals surface area contributed by atoms with E-state index in [0.29, 0.717) is 39.8 Å². The van der Waals surface area contributed by atoms with E-state index in [-0.39, 0.29) is 24.0 Å². The number of rotatable bonds is 5. The summed E-state index contributed by atoms with van der Waals surface area (Å²) in [6.45, 7) is 1.43. The van der Waals surface area contributed by atoms with Gasteiger partial charge >= 0.3 is 0 Å². The van der Waals surface area contributed by atoms with Crippen molar-refractivity contribution in [2.24, 2.45) is 0 Å². The predicted octanol–water partition coefficient (Wildman–Crippen LogP) is 4.01. The Balaban J connectivity index is 1.71. The standard InChI is InChI=1S/C27H22N2O7/c1-15(30)28-17-6-5-7-18(13-17)29-24(19-8-3-4-9-20(19)34-2)23(26(32)27(29)33)25(31)16-10-11-21-22(12-16)36-14-35-21/h3-13,24,31H,14H2,1-2H3,(H,28,30)/b25-23+. The second-order valence-corrected chi connectivity index (χ2v) is 8.21. The van der Waals surface area contributed by atoms with E-state index in [1.807, 2.05) is 0 Å². The van der Waals surface area contributed by atoms with E-state index in [9.17, 15) is 19.5 Å². The number of nitrogens with one attached hydrogen (secondary N) is 1. The van der Waals surface area contributed by atoms with E-state index >= 15 is 0 Å². The molecule has 1 unspecified atom stereocenters. The number of aliphatic hydroxyl groups is 1. The molecule has 0 radical (unpaired) electrons. The van der Waals surface area contributed by atoms with Gasteiger partial charge < -0.3 is 24.6 Å². The fourth-order valence-electron chi connectivity index (χ4n) is 4.42. The monoisotopic (exact) mass is 486 g/mol. The van der Waals surface area contributed by atoms with Crippen LogP contribution in [-0.2, 0) is 14.4 Å². The van der Waals surface area contributed by atoms with E-state index in [1.165, 1.54) is 18.9 Å². The van der Waals surface area contributed by atoms with Gasteiger partial charge in [0.2, 0.25) is 12.7 Å². The number of Topliss-reactive ketones (excluding diaryl/α,β-unsaturated/α-hetero) is 1. The van der Waals surface area contributed by atoms with Crippen LogP contribution in [0, 0.1) is 0 Å². The lowest BCUT2D eigenvalue weighted by Gasteiger charge is -2.27. The molecular weight excluding hydrogens is 464 g/mol. The molecular formula is C27H22N2O7. The maximum Gasteiger partial charge on any atom is 0.300 e. The SMILES string of the molecule is COc1ccccc1C1/C(=C(\O)c2ccc3c(c2)OCO3)C(=O)C(=O)N1c1cccc(NC(C)=O)c1. The van der Waals surface area contributed by atoms with Crippen molar-refractivity contribution in [3.05, 3.63) is 83.4 Å². The fourth-order valence-corrected chi connectivity index (χ4v) is 4.42. The zero-order valence-electron chi connectivity index (χ0n) is 19.5. The number of methoxy groups -OCH3 is 1. The molecule has 182 valence electrons. The Bertz CT molecular complexity index is 1430. The normalized spacial score (nSPS) is 17.8. The van der Waals surface area contributed by atoms with Gasteiger partial charge in [0.05, 0.1) is 18.7 Å². The molecule has 9 nitrogen and oxygen atoms in total. The Labute approximate surface area is 206 Å². The van der Waals surface area contributed by atoms with Gasteiger partial charge in [-0.05, 0) is 42.5 Å². The number of fused-ring (bicyclic) bond motifs is 1. The van der Waals surface area contributed by atoms with Gasteiger partial charge in [0.15, 0.2) is 11.5 Å². The number of hydrogen-bond acceptors (Lipinski definition) is 7. The van der Waals surface area contributed by atoms with Crippen LogP contribution >= 0.6 is 0 Å². The molecule has 1 atom stereocenters. The topological polar surface area (TPSA) is 114 Å². The van der Waals surface area contributed by atoms with E-state index in [1.54, 1.807) is 66.7 Å². The minimum Gasteiger partial charge on any atom is -0.507 e. The number of aliphatic hydroxyl groups excluding tert-OH is 1. The number of benzene rings is 3. The Kier molecular flexibility index (Phi) is 5.81. The molecule has 0 aromatic heterocycles. The minimum absolute atomic E-state index is 0.0514. The van der Waals surface area contributed by atoms with Crippen LogP contribution in [0.2, 0.25) is 0 Å². The van der Waals surface area contributed by atoms with E-state index in [0.717, 1.165) is 0 Å². The summed E-state index contributed by atoms with van der Waals surface area (Å²) in [4.78, 5) is 39.7. The summed E-state index contributed by atoms with van der Waals surface area (Å²) < 4.78 is 16.3. The first-order valence-electron chi connectivity index (χ1n) is 11.1. The average Bonchev–Trinajstić information content (AvgIpc) is 3.45. The van der Waals surface area contributed by atoms with Crippen molar-refractivity contribution in [1.29, 1.82) is 0 Å². The summed E-state index contributed by atoms with van der Waals surface area (Å²) in [5.41, 5.74) is 1.52. The highest BCUT2D eigenvalue weighted by atomic mass is 16.7. The molecule has 36 heavy (non-hydrogen) atoms. The summed E-state index contributed by atoms with van der Waals surface area (Å²) in [5, 5.41) is 14.0. The first kappa shape index (κ1) is 23.0. The third kappa shape index (κ3) is 3.90. The highest BCUT2D eigenvalue weighted by Gasteiger charge is 2.48. The average molecular weight is 486 g/mol. The number of anilines is 2. The van der Waals surface area contributed by atoms with Crippen molar-refractivity contribution in [3.63, 3.8) is 0 Å². The quantitative estimate of drug-likeness (QED) is 0.318. The van der Waals surface area contributed by atoms with Gasteiger partial charge in [-0.2, -0.15) is 0 Å². The van der Waals surface area contributed by atoms with Gasteiger partial charge in [-0.25, -0.2) is 0 Å². The number of hydrogen-bond donors (Lipinski definition) is 2. The summed E-state index contributed by atoms with van der Waals surface area (Å²) in [6, 6.07) is 17.3. The summed E-state index contributed by atoms with van der Waals surface area (Å²) in [5.74, 6) is -0.947. The van der Waals surface area contributed by atoms with Crippen LogP contribution in [-0.4, -0.2) is 36.6 Å². The van der Waals surface area contributed by atoms with Crippen LogP contribution in [0.25, 0.3) is 5.76 Å². The number of ketones is 1. The molecule has 1 saturated heterocycles. The molecule has 3 aromatic carbocycles. The van der Waals surface area contributed by atoms with Gasteiger partial charge in [0.1, 0.15) is 11.5 Å². The maximum atomic E-state index is 13.4. The van der Waals surface area contributed by atoms with Crippen LogP contribution in [0.1, 0.15) is 24.1 Å². The molecule has 5 rings (SSSR count). The van der Waals surface area contributed by atoms with Crippen molar-refractivity contribution in [3.8, 4) is 17.2 Å². The van der Waals surface area contributed by atoms with Crippen molar-refractivity contribution in [1.82, 2.24) is 0 Å². The lowest BCUT2D eigenvalue weighted by atomic mass is 9.94. The van der Waals surface area contributed by atoms with Gasteiger partial charge in [-0.15, -0.1) is 0 Å². The lowest BCUT2D eigenvalue weighted by Crippen LogP contribution is -2.29. The number of carbonyl (C=O) groups excluding carboxylic acids is 3. The van der Waals surface area contributed by atoms with Crippen LogP contribution in [0.15, 0.2) is 72.3 Å². The molecule has 0 spiro atoms. The lowest BCUT2D eigenvalue weighted by molar-refractivity contribution is -0.132. The molecule has 2 N–H and O–H groups in total. The smallest absolute Gasteiger partial charge is 0.300 e. The fraction of sp³-hybridized carbons (Fsp3) is 0.148. The van der Waals surface area contributed by atoms with E-state index < -0.39 is 17.7 Å². The van der Waals surface area contributed by atoms with Crippen molar-refractivity contribution >= 4 is 34.7 Å².